The van der Waals surface area contributed by atoms with E-state index in [2.05, 4.69) is 5.32 Å². The molecule has 0 saturated heterocycles. The lowest BCUT2D eigenvalue weighted by Gasteiger charge is -2.29. The molecule has 0 aliphatic heterocycles. The summed E-state index contributed by atoms with van der Waals surface area (Å²) in [5, 5.41) is 14.2. The number of rotatable bonds is 5. The molecule has 2 aromatic rings. The lowest BCUT2D eigenvalue weighted by Crippen LogP contribution is -2.63. The molecule has 2 aromatic carbocycles. The molecule has 0 aliphatic rings. The standard InChI is InChI=1S/C18H22N2O3/c1-11(2)18(19,17(22)23)16(21)20-12(3)14-10-6-8-13-7-4-5-9-15(13)14/h4-12H,19H2,1-3H3,(H,20,21)(H,22,23)/t12-,18-/m1/s1. The molecule has 1 amide bonds. The van der Waals surface area contributed by atoms with E-state index in [1.54, 1.807) is 13.8 Å². The van der Waals surface area contributed by atoms with Crippen LogP contribution in [0.2, 0.25) is 0 Å². The van der Waals surface area contributed by atoms with Gasteiger partial charge in [0.05, 0.1) is 6.04 Å². The van der Waals surface area contributed by atoms with Gasteiger partial charge in [0, 0.05) is 0 Å². The summed E-state index contributed by atoms with van der Waals surface area (Å²) in [6.45, 7) is 5.06. The van der Waals surface area contributed by atoms with Crippen molar-refractivity contribution in [3.8, 4) is 0 Å². The molecule has 0 saturated carbocycles. The molecule has 5 nitrogen and oxygen atoms in total. The van der Waals surface area contributed by atoms with Crippen LogP contribution in [0.3, 0.4) is 0 Å². The highest BCUT2D eigenvalue weighted by molar-refractivity contribution is 6.07. The number of benzene rings is 2. The van der Waals surface area contributed by atoms with Crippen molar-refractivity contribution >= 4 is 22.6 Å². The number of carbonyl (C=O) groups is 2. The molecular weight excluding hydrogens is 292 g/mol. The van der Waals surface area contributed by atoms with Gasteiger partial charge in [-0.15, -0.1) is 0 Å². The summed E-state index contributed by atoms with van der Waals surface area (Å²) in [4.78, 5) is 23.9. The summed E-state index contributed by atoms with van der Waals surface area (Å²) in [5.74, 6) is -2.53. The van der Waals surface area contributed by atoms with Crippen LogP contribution in [0.4, 0.5) is 0 Å². The normalized spacial score (nSPS) is 15.2. The highest BCUT2D eigenvalue weighted by Crippen LogP contribution is 2.25. The van der Waals surface area contributed by atoms with Crippen LogP contribution in [-0.4, -0.2) is 22.5 Å². The zero-order valence-electron chi connectivity index (χ0n) is 13.5. The number of fused-ring (bicyclic) bond motifs is 1. The first kappa shape index (κ1) is 17.0. The van der Waals surface area contributed by atoms with Crippen molar-refractivity contribution in [1.82, 2.24) is 5.32 Å². The minimum atomic E-state index is -1.95. The third kappa shape index (κ3) is 3.05. The van der Waals surface area contributed by atoms with Crippen molar-refractivity contribution in [3.63, 3.8) is 0 Å². The van der Waals surface area contributed by atoms with E-state index in [-0.39, 0.29) is 6.04 Å². The van der Waals surface area contributed by atoms with Gasteiger partial charge in [0.1, 0.15) is 0 Å². The summed E-state index contributed by atoms with van der Waals surface area (Å²) < 4.78 is 0. The molecule has 0 radical (unpaired) electrons. The molecule has 0 heterocycles. The van der Waals surface area contributed by atoms with Crippen LogP contribution in [0, 0.1) is 5.92 Å². The second-order valence-corrected chi connectivity index (χ2v) is 6.09. The first-order valence-electron chi connectivity index (χ1n) is 7.59. The number of nitrogens with one attached hydrogen (secondary N) is 1. The average molecular weight is 314 g/mol. The molecule has 4 N–H and O–H groups in total. The number of nitrogens with two attached hydrogens (primary N) is 1. The SMILES string of the molecule is CC(C)[C@](N)(C(=O)O)C(=O)N[C@H](C)c1cccc2ccccc12. The Morgan fingerprint density at radius 3 is 2.30 bits per heavy atom. The van der Waals surface area contributed by atoms with E-state index in [0.717, 1.165) is 16.3 Å². The molecule has 0 aromatic heterocycles. The minimum absolute atomic E-state index is 0.352. The van der Waals surface area contributed by atoms with Gasteiger partial charge in [0.2, 0.25) is 0 Å². The quantitative estimate of drug-likeness (QED) is 0.739. The Morgan fingerprint density at radius 1 is 1.09 bits per heavy atom. The van der Waals surface area contributed by atoms with E-state index in [4.69, 9.17) is 5.73 Å². The smallest absolute Gasteiger partial charge is 0.333 e. The fourth-order valence-electron chi connectivity index (χ4n) is 2.63. The summed E-state index contributed by atoms with van der Waals surface area (Å²) in [6.07, 6.45) is 0. The highest BCUT2D eigenvalue weighted by Gasteiger charge is 2.45. The Bertz CT molecular complexity index is 737. The molecule has 0 fully saturated rings. The van der Waals surface area contributed by atoms with Gasteiger partial charge in [-0.25, -0.2) is 4.79 Å². The summed E-state index contributed by atoms with van der Waals surface area (Å²) in [7, 11) is 0. The van der Waals surface area contributed by atoms with E-state index in [1.807, 2.05) is 49.4 Å². The van der Waals surface area contributed by atoms with E-state index < -0.39 is 23.3 Å². The maximum absolute atomic E-state index is 12.5. The monoisotopic (exact) mass is 314 g/mol. The largest absolute Gasteiger partial charge is 0.479 e. The first-order valence-corrected chi connectivity index (χ1v) is 7.59. The Balaban J connectivity index is 2.32. The predicted octanol–water partition coefficient (Wildman–Crippen LogP) is 2.46. The van der Waals surface area contributed by atoms with Gasteiger partial charge >= 0.3 is 5.97 Å². The number of carbonyl (C=O) groups excluding carboxylic acids is 1. The van der Waals surface area contributed by atoms with Crippen molar-refractivity contribution in [1.29, 1.82) is 0 Å². The molecule has 5 heteroatoms. The Labute approximate surface area is 135 Å². The number of carboxylic acids is 1. The van der Waals surface area contributed by atoms with Crippen molar-refractivity contribution in [2.45, 2.75) is 32.4 Å². The topological polar surface area (TPSA) is 92.4 Å². The van der Waals surface area contributed by atoms with Crippen LogP contribution >= 0.6 is 0 Å². The lowest BCUT2D eigenvalue weighted by molar-refractivity contribution is -0.151. The van der Waals surface area contributed by atoms with Gasteiger partial charge in [-0.1, -0.05) is 56.3 Å². The summed E-state index contributed by atoms with van der Waals surface area (Å²) >= 11 is 0. The van der Waals surface area contributed by atoms with Gasteiger partial charge < -0.3 is 16.2 Å². The van der Waals surface area contributed by atoms with Crippen LogP contribution < -0.4 is 11.1 Å². The average Bonchev–Trinajstić information content (AvgIpc) is 2.52. The Morgan fingerprint density at radius 2 is 1.70 bits per heavy atom. The van der Waals surface area contributed by atoms with Gasteiger partial charge in [0.15, 0.2) is 5.54 Å². The van der Waals surface area contributed by atoms with Crippen molar-refractivity contribution in [3.05, 3.63) is 48.0 Å². The van der Waals surface area contributed by atoms with E-state index >= 15 is 0 Å². The molecular formula is C18H22N2O3. The Hall–Kier alpha value is -2.40. The number of hydrogen-bond donors (Lipinski definition) is 3. The maximum atomic E-state index is 12.5. The molecule has 23 heavy (non-hydrogen) atoms. The minimum Gasteiger partial charge on any atom is -0.479 e. The van der Waals surface area contributed by atoms with Gasteiger partial charge in [0.25, 0.3) is 5.91 Å². The molecule has 122 valence electrons. The van der Waals surface area contributed by atoms with Crippen molar-refractivity contribution in [2.75, 3.05) is 0 Å². The van der Waals surface area contributed by atoms with Gasteiger partial charge in [-0.3, -0.25) is 4.79 Å². The zero-order chi connectivity index (χ0) is 17.2. The van der Waals surface area contributed by atoms with Crippen LogP contribution in [0.15, 0.2) is 42.5 Å². The van der Waals surface area contributed by atoms with E-state index in [0.29, 0.717) is 0 Å². The van der Waals surface area contributed by atoms with Crippen LogP contribution in [0.25, 0.3) is 10.8 Å². The van der Waals surface area contributed by atoms with Crippen molar-refractivity contribution in [2.24, 2.45) is 11.7 Å². The second kappa shape index (κ2) is 6.38. The third-order valence-electron chi connectivity index (χ3n) is 4.28. The highest BCUT2D eigenvalue weighted by atomic mass is 16.4. The van der Waals surface area contributed by atoms with Gasteiger partial charge in [-0.05, 0) is 29.2 Å². The van der Waals surface area contributed by atoms with E-state index in [9.17, 15) is 14.7 Å². The fourth-order valence-corrected chi connectivity index (χ4v) is 2.63. The van der Waals surface area contributed by atoms with Gasteiger partial charge in [-0.2, -0.15) is 0 Å². The second-order valence-electron chi connectivity index (χ2n) is 6.09. The van der Waals surface area contributed by atoms with Crippen LogP contribution in [0.5, 0.6) is 0 Å². The van der Waals surface area contributed by atoms with Crippen molar-refractivity contribution < 1.29 is 14.7 Å². The fraction of sp³-hybridized carbons (Fsp3) is 0.333. The lowest BCUT2D eigenvalue weighted by atomic mass is 9.86. The van der Waals surface area contributed by atoms with Crippen LogP contribution in [0.1, 0.15) is 32.4 Å². The summed E-state index contributed by atoms with van der Waals surface area (Å²) in [5.41, 5.74) is 4.83. The number of amides is 1. The molecule has 0 spiro atoms. The number of aliphatic carboxylic acids is 1. The maximum Gasteiger partial charge on any atom is 0.333 e. The first-order chi connectivity index (χ1) is 10.8. The summed E-state index contributed by atoms with van der Waals surface area (Å²) in [6, 6.07) is 13.3. The predicted molar refractivity (Wildman–Crippen MR) is 89.9 cm³/mol. The van der Waals surface area contributed by atoms with E-state index in [1.165, 1.54) is 0 Å². The number of hydrogen-bond acceptors (Lipinski definition) is 3. The number of carboxylic acid groups (broad SMARTS) is 1. The Kier molecular flexibility index (Phi) is 4.71. The zero-order valence-corrected chi connectivity index (χ0v) is 13.5. The third-order valence-corrected chi connectivity index (χ3v) is 4.28. The molecule has 2 rings (SSSR count). The molecule has 0 bridgehead atoms. The molecule has 2 atom stereocenters. The van der Waals surface area contributed by atoms with Crippen LogP contribution in [-0.2, 0) is 9.59 Å². The molecule has 0 unspecified atom stereocenters. The molecule has 0 aliphatic carbocycles.